The van der Waals surface area contributed by atoms with Gasteiger partial charge in [0.05, 0.1) is 20.9 Å². The second-order valence-corrected chi connectivity index (χ2v) is 7.47. The summed E-state index contributed by atoms with van der Waals surface area (Å²) in [5, 5.41) is 14.1. The number of fused-ring (bicyclic) bond motifs is 1. The van der Waals surface area contributed by atoms with Crippen molar-refractivity contribution in [3.05, 3.63) is 27.8 Å². The summed E-state index contributed by atoms with van der Waals surface area (Å²) in [5.74, 6) is 0.0484. The molecule has 2 aromatic rings. The molecule has 0 radical (unpaired) electrons. The summed E-state index contributed by atoms with van der Waals surface area (Å²) in [5.41, 5.74) is 2.21. The Morgan fingerprint density at radius 2 is 2.20 bits per heavy atom. The third-order valence-electron chi connectivity index (χ3n) is 2.67. The van der Waals surface area contributed by atoms with E-state index in [1.807, 2.05) is 0 Å². The maximum atomic E-state index is 11.2. The van der Waals surface area contributed by atoms with Crippen molar-refractivity contribution in [2.45, 2.75) is 6.42 Å². The fourth-order valence-electron chi connectivity index (χ4n) is 1.80. The lowest BCUT2D eigenvalue weighted by molar-refractivity contribution is -0.382. The molecular formula is C11H13N3O4S2. The average Bonchev–Trinajstić information content (AvgIpc) is 2.80. The fraction of sp³-hybridized carbons (Fsp3) is 0.364. The molecule has 2 rings (SSSR count). The number of nitro benzene ring substituents is 1. The summed E-state index contributed by atoms with van der Waals surface area (Å²) in [7, 11) is -3.02. The summed E-state index contributed by atoms with van der Waals surface area (Å²) in [6.07, 6.45) is 1.56. The molecule has 1 N–H and O–H groups in total. The van der Waals surface area contributed by atoms with Gasteiger partial charge in [-0.2, -0.15) is 0 Å². The summed E-state index contributed by atoms with van der Waals surface area (Å²) in [6, 6.07) is 3.39. The van der Waals surface area contributed by atoms with Crippen LogP contribution in [0.15, 0.2) is 17.6 Å². The molecule has 108 valence electrons. The summed E-state index contributed by atoms with van der Waals surface area (Å²) in [6.45, 7) is 0.351. The van der Waals surface area contributed by atoms with Crippen molar-refractivity contribution >= 4 is 42.8 Å². The highest BCUT2D eigenvalue weighted by atomic mass is 32.2. The number of rotatable bonds is 6. The van der Waals surface area contributed by atoms with Crippen molar-refractivity contribution < 1.29 is 13.3 Å². The molecule has 9 heteroatoms. The van der Waals surface area contributed by atoms with Crippen molar-refractivity contribution in [1.82, 2.24) is 4.98 Å². The van der Waals surface area contributed by atoms with Crippen molar-refractivity contribution in [3.63, 3.8) is 0 Å². The Balaban J connectivity index is 2.17. The van der Waals surface area contributed by atoms with Gasteiger partial charge in [0.1, 0.15) is 15.5 Å². The van der Waals surface area contributed by atoms with Gasteiger partial charge in [-0.1, -0.05) is 0 Å². The van der Waals surface area contributed by atoms with E-state index in [9.17, 15) is 18.5 Å². The zero-order chi connectivity index (χ0) is 14.8. The Morgan fingerprint density at radius 1 is 1.45 bits per heavy atom. The second-order valence-electron chi connectivity index (χ2n) is 4.33. The molecule has 0 spiro atoms. The van der Waals surface area contributed by atoms with Gasteiger partial charge in [0.15, 0.2) is 5.52 Å². The van der Waals surface area contributed by atoms with Gasteiger partial charge < -0.3 is 5.32 Å². The lowest BCUT2D eigenvalue weighted by atomic mass is 10.2. The molecule has 0 atom stereocenters. The highest BCUT2D eigenvalue weighted by Gasteiger charge is 2.20. The van der Waals surface area contributed by atoms with Crippen LogP contribution in [-0.4, -0.2) is 36.9 Å². The highest BCUT2D eigenvalue weighted by molar-refractivity contribution is 7.90. The van der Waals surface area contributed by atoms with Crippen LogP contribution in [0.2, 0.25) is 0 Å². The molecule has 1 heterocycles. The molecule has 1 aromatic heterocycles. The first-order valence-electron chi connectivity index (χ1n) is 5.80. The Hall–Kier alpha value is -1.74. The van der Waals surface area contributed by atoms with Gasteiger partial charge in [0, 0.05) is 12.8 Å². The molecule has 0 saturated heterocycles. The number of hydrogen-bond acceptors (Lipinski definition) is 7. The van der Waals surface area contributed by atoms with Crippen LogP contribution >= 0.6 is 11.3 Å². The van der Waals surface area contributed by atoms with Crippen LogP contribution in [0, 0.1) is 10.1 Å². The van der Waals surface area contributed by atoms with Crippen LogP contribution in [0.3, 0.4) is 0 Å². The highest BCUT2D eigenvalue weighted by Crippen LogP contribution is 2.34. The van der Waals surface area contributed by atoms with Crippen molar-refractivity contribution in [3.8, 4) is 0 Å². The number of hydrogen-bond donors (Lipinski definition) is 1. The minimum absolute atomic E-state index is 0.0484. The van der Waals surface area contributed by atoms with E-state index in [0.29, 0.717) is 24.2 Å². The lowest BCUT2D eigenvalue weighted by Gasteiger charge is -2.06. The number of nitrogens with zero attached hydrogens (tertiary/aromatic N) is 2. The van der Waals surface area contributed by atoms with E-state index in [-0.39, 0.29) is 11.4 Å². The topological polar surface area (TPSA) is 102 Å². The van der Waals surface area contributed by atoms with E-state index in [4.69, 9.17) is 0 Å². The first-order chi connectivity index (χ1) is 9.38. The number of anilines is 1. The van der Waals surface area contributed by atoms with Crippen LogP contribution in [0.5, 0.6) is 0 Å². The SMILES string of the molecule is CS(=O)(=O)CCCNc1ccc2scnc2c1[N+](=O)[O-]. The summed E-state index contributed by atoms with van der Waals surface area (Å²) < 4.78 is 22.8. The minimum Gasteiger partial charge on any atom is -0.379 e. The van der Waals surface area contributed by atoms with Crippen LogP contribution in [-0.2, 0) is 9.84 Å². The number of benzene rings is 1. The van der Waals surface area contributed by atoms with Crippen LogP contribution in [0.25, 0.3) is 10.2 Å². The third kappa shape index (κ3) is 3.42. The van der Waals surface area contributed by atoms with E-state index >= 15 is 0 Å². The van der Waals surface area contributed by atoms with Gasteiger partial charge in [0.25, 0.3) is 0 Å². The standard InChI is InChI=1S/C11H13N3O4S2/c1-20(17,18)6-2-5-12-8-3-4-9-10(13-7-19-9)11(8)14(15)16/h3-4,7,12H,2,5-6H2,1H3. The normalized spacial score (nSPS) is 11.7. The number of thiazole rings is 1. The van der Waals surface area contributed by atoms with Crippen LogP contribution in [0.1, 0.15) is 6.42 Å². The Morgan fingerprint density at radius 3 is 2.85 bits per heavy atom. The predicted molar refractivity (Wildman–Crippen MR) is 79.1 cm³/mol. The quantitative estimate of drug-likeness (QED) is 0.497. The van der Waals surface area contributed by atoms with Gasteiger partial charge in [-0.15, -0.1) is 11.3 Å². The van der Waals surface area contributed by atoms with E-state index in [1.165, 1.54) is 11.3 Å². The smallest absolute Gasteiger partial charge is 0.319 e. The Labute approximate surface area is 119 Å². The zero-order valence-corrected chi connectivity index (χ0v) is 12.3. The molecule has 7 nitrogen and oxygen atoms in total. The van der Waals surface area contributed by atoms with Gasteiger partial charge in [-0.05, 0) is 18.6 Å². The number of nitro groups is 1. The maximum Gasteiger partial charge on any atom is 0.319 e. The van der Waals surface area contributed by atoms with E-state index in [1.54, 1.807) is 17.6 Å². The number of sulfone groups is 1. The van der Waals surface area contributed by atoms with Crippen molar-refractivity contribution in [1.29, 1.82) is 0 Å². The molecule has 0 fully saturated rings. The lowest BCUT2D eigenvalue weighted by Crippen LogP contribution is -2.10. The fourth-order valence-corrected chi connectivity index (χ4v) is 3.15. The minimum atomic E-state index is -3.02. The van der Waals surface area contributed by atoms with E-state index < -0.39 is 14.8 Å². The second kappa shape index (κ2) is 5.71. The summed E-state index contributed by atoms with van der Waals surface area (Å²) >= 11 is 1.34. The van der Waals surface area contributed by atoms with Crippen LogP contribution in [0.4, 0.5) is 11.4 Å². The Kier molecular flexibility index (Phi) is 4.19. The molecule has 0 amide bonds. The van der Waals surface area contributed by atoms with Gasteiger partial charge in [0.2, 0.25) is 0 Å². The monoisotopic (exact) mass is 315 g/mol. The van der Waals surface area contributed by atoms with E-state index in [0.717, 1.165) is 11.0 Å². The first kappa shape index (κ1) is 14.7. The summed E-state index contributed by atoms with van der Waals surface area (Å²) in [4.78, 5) is 14.7. The molecule has 20 heavy (non-hydrogen) atoms. The maximum absolute atomic E-state index is 11.2. The van der Waals surface area contributed by atoms with E-state index in [2.05, 4.69) is 10.3 Å². The molecule has 0 unspecified atom stereocenters. The largest absolute Gasteiger partial charge is 0.379 e. The first-order valence-corrected chi connectivity index (χ1v) is 8.75. The van der Waals surface area contributed by atoms with Crippen molar-refractivity contribution in [2.75, 3.05) is 23.9 Å². The third-order valence-corrected chi connectivity index (χ3v) is 4.49. The zero-order valence-electron chi connectivity index (χ0n) is 10.7. The Bertz CT molecular complexity index is 739. The molecule has 1 aromatic carbocycles. The molecular weight excluding hydrogens is 302 g/mol. The molecule has 0 saturated carbocycles. The van der Waals surface area contributed by atoms with Gasteiger partial charge >= 0.3 is 5.69 Å². The van der Waals surface area contributed by atoms with Crippen molar-refractivity contribution in [2.24, 2.45) is 0 Å². The molecule has 0 aliphatic rings. The van der Waals surface area contributed by atoms with Gasteiger partial charge in [-0.25, -0.2) is 13.4 Å². The number of nitrogens with one attached hydrogen (secondary N) is 1. The van der Waals surface area contributed by atoms with Crippen LogP contribution < -0.4 is 5.32 Å². The predicted octanol–water partition coefficient (Wildman–Crippen LogP) is 2.05. The van der Waals surface area contributed by atoms with Gasteiger partial charge in [-0.3, -0.25) is 10.1 Å². The molecule has 0 aliphatic carbocycles. The molecule has 0 aliphatic heterocycles. The average molecular weight is 315 g/mol. The number of aromatic nitrogens is 1. The molecule has 0 bridgehead atoms.